The number of carbonyl (C=O) groups is 2. The number of ketones is 1. The summed E-state index contributed by atoms with van der Waals surface area (Å²) >= 11 is 6.42. The van der Waals surface area contributed by atoms with Crippen LogP contribution in [0.1, 0.15) is 106 Å². The molecule has 0 aromatic carbocycles. The summed E-state index contributed by atoms with van der Waals surface area (Å²) in [5.74, 6) is 2.94. The van der Waals surface area contributed by atoms with Crippen molar-refractivity contribution in [1.29, 1.82) is 0 Å². The number of hydrogen-bond acceptors (Lipinski definition) is 2. The maximum Gasteiger partial charge on any atom is 0.228 e. The van der Waals surface area contributed by atoms with Gasteiger partial charge in [-0.05, 0) is 122 Å². The number of carbonyl (C=O) groups excluding carboxylic acids is 2. The van der Waals surface area contributed by atoms with E-state index in [0.717, 1.165) is 38.5 Å². The first kappa shape index (κ1) is 24.1. The highest BCUT2D eigenvalue weighted by atomic mass is 35.5. The van der Waals surface area contributed by atoms with Crippen LogP contribution in [0.25, 0.3) is 0 Å². The maximum absolute atomic E-state index is 13.0. The molecule has 5 rings (SSSR count). The van der Waals surface area contributed by atoms with Crippen molar-refractivity contribution >= 4 is 22.6 Å². The number of fused-ring (bicyclic) bond motifs is 7. The van der Waals surface area contributed by atoms with E-state index in [9.17, 15) is 9.59 Å². The van der Waals surface area contributed by atoms with Gasteiger partial charge in [0.2, 0.25) is 5.24 Å². The molecule has 5 fully saturated rings. The fraction of sp³-hybridized carbons (Fsp3) is 0.867. The van der Waals surface area contributed by atoms with Crippen molar-refractivity contribution in [3.63, 3.8) is 0 Å². The number of halogens is 1. The first-order chi connectivity index (χ1) is 15.3. The van der Waals surface area contributed by atoms with Gasteiger partial charge in [-0.3, -0.25) is 9.59 Å². The molecular formula is C30H45ClO2. The van der Waals surface area contributed by atoms with Crippen LogP contribution in [0.5, 0.6) is 0 Å². The lowest BCUT2D eigenvalue weighted by molar-refractivity contribution is -0.231. The molecule has 0 aromatic heterocycles. The Morgan fingerprint density at radius 3 is 2.21 bits per heavy atom. The van der Waals surface area contributed by atoms with E-state index < -0.39 is 0 Å². The zero-order chi connectivity index (χ0) is 24.2. The second-order valence-electron chi connectivity index (χ2n) is 14.3. The summed E-state index contributed by atoms with van der Waals surface area (Å²) in [5.41, 5.74) is 1.42. The van der Waals surface area contributed by atoms with E-state index in [2.05, 4.69) is 48.1 Å². The van der Waals surface area contributed by atoms with Crippen LogP contribution in [-0.2, 0) is 9.59 Å². The third-order valence-electron chi connectivity index (χ3n) is 13.2. The van der Waals surface area contributed by atoms with Gasteiger partial charge in [-0.25, -0.2) is 0 Å². The molecule has 0 heterocycles. The molecular weight excluding hydrogens is 428 g/mol. The van der Waals surface area contributed by atoms with Crippen LogP contribution in [0, 0.1) is 56.7 Å². The van der Waals surface area contributed by atoms with Crippen molar-refractivity contribution in [1.82, 2.24) is 0 Å². The van der Waals surface area contributed by atoms with Gasteiger partial charge in [0.05, 0.1) is 0 Å². The Morgan fingerprint density at radius 1 is 0.879 bits per heavy atom. The van der Waals surface area contributed by atoms with Crippen LogP contribution >= 0.6 is 11.6 Å². The Kier molecular flexibility index (Phi) is 5.26. The summed E-state index contributed by atoms with van der Waals surface area (Å²) in [6.45, 7) is 18.7. The van der Waals surface area contributed by atoms with Crippen molar-refractivity contribution in [3.8, 4) is 0 Å². The number of allylic oxidation sites excluding steroid dienone is 1. The van der Waals surface area contributed by atoms with Crippen molar-refractivity contribution < 1.29 is 9.59 Å². The van der Waals surface area contributed by atoms with E-state index in [1.165, 1.54) is 31.3 Å². The number of rotatable bonds is 2. The summed E-state index contributed by atoms with van der Waals surface area (Å²) in [6.07, 6.45) is 10.7. The Morgan fingerprint density at radius 2 is 1.58 bits per heavy atom. The SMILES string of the molecule is C=C(C)[C@@H]1CC[C@]2(C(=O)Cl)CC[C@]3(C)C(CCC4[C@@]5(C)CCC(=O)C(C)(C)[C@@H]5CC[C@]43C)C12. The normalized spacial score (nSPS) is 52.8. The quantitative estimate of drug-likeness (QED) is 0.301. The van der Waals surface area contributed by atoms with E-state index in [1.807, 2.05) is 0 Å². The van der Waals surface area contributed by atoms with E-state index in [1.54, 1.807) is 0 Å². The van der Waals surface area contributed by atoms with Crippen LogP contribution in [0.2, 0.25) is 0 Å². The number of hydrogen-bond donors (Lipinski definition) is 0. The predicted molar refractivity (Wildman–Crippen MR) is 135 cm³/mol. The fourth-order valence-corrected chi connectivity index (χ4v) is 11.6. The summed E-state index contributed by atoms with van der Waals surface area (Å²) in [7, 11) is 0. The third kappa shape index (κ3) is 2.80. The van der Waals surface area contributed by atoms with Gasteiger partial charge in [0.25, 0.3) is 0 Å². The van der Waals surface area contributed by atoms with Crippen LogP contribution in [-0.4, -0.2) is 11.0 Å². The van der Waals surface area contributed by atoms with Crippen molar-refractivity contribution in [2.75, 3.05) is 0 Å². The second kappa shape index (κ2) is 7.21. The smallest absolute Gasteiger partial charge is 0.228 e. The lowest BCUT2D eigenvalue weighted by Crippen LogP contribution is -2.66. The van der Waals surface area contributed by atoms with E-state index >= 15 is 0 Å². The topological polar surface area (TPSA) is 34.1 Å². The highest BCUT2D eigenvalue weighted by molar-refractivity contribution is 6.64. The van der Waals surface area contributed by atoms with E-state index in [4.69, 9.17) is 11.6 Å². The molecule has 0 aliphatic heterocycles. The average molecular weight is 473 g/mol. The minimum absolute atomic E-state index is 0.0752. The molecule has 33 heavy (non-hydrogen) atoms. The van der Waals surface area contributed by atoms with Gasteiger partial charge in [0.15, 0.2) is 0 Å². The molecule has 0 bridgehead atoms. The largest absolute Gasteiger partial charge is 0.299 e. The monoisotopic (exact) mass is 472 g/mol. The number of Topliss-reactive ketones (excluding diaryl/α,β-unsaturated/α-hetero) is 1. The molecule has 0 aromatic rings. The van der Waals surface area contributed by atoms with Gasteiger partial charge in [-0.1, -0.05) is 46.8 Å². The second-order valence-corrected chi connectivity index (χ2v) is 14.6. The molecule has 0 amide bonds. The predicted octanol–water partition coefficient (Wildman–Crippen LogP) is 7.98. The van der Waals surface area contributed by atoms with Crippen LogP contribution in [0.3, 0.4) is 0 Å². The summed E-state index contributed by atoms with van der Waals surface area (Å²) in [4.78, 5) is 25.9. The van der Waals surface area contributed by atoms with Crippen molar-refractivity contribution in [3.05, 3.63) is 12.2 Å². The standard InChI is InChI=1S/C30H45ClO2/c1-18(2)19-10-15-30(25(31)33)17-16-28(6)20(24(19)30)8-9-22-27(5)13-12-23(32)26(3,4)21(27)11-14-29(22,28)7/h19-22,24H,1,8-17H2,2-7H3/t19-,20?,21-,22?,24?,27-,28+,29+,30-/m0/s1. The Labute approximate surface area is 206 Å². The lowest BCUT2D eigenvalue weighted by atomic mass is 9.32. The molecule has 9 atom stereocenters. The minimum atomic E-state index is -0.334. The fourth-order valence-electron chi connectivity index (χ4n) is 11.3. The molecule has 0 radical (unpaired) electrons. The highest BCUT2D eigenvalue weighted by Gasteiger charge is 2.71. The summed E-state index contributed by atoms with van der Waals surface area (Å²) < 4.78 is 0. The van der Waals surface area contributed by atoms with Gasteiger partial charge >= 0.3 is 0 Å². The van der Waals surface area contributed by atoms with Crippen LogP contribution in [0.4, 0.5) is 0 Å². The van der Waals surface area contributed by atoms with E-state index in [-0.39, 0.29) is 32.3 Å². The zero-order valence-corrected chi connectivity index (χ0v) is 22.6. The molecule has 5 saturated carbocycles. The third-order valence-corrected chi connectivity index (χ3v) is 13.6. The van der Waals surface area contributed by atoms with Crippen LogP contribution in [0.15, 0.2) is 12.2 Å². The molecule has 3 unspecified atom stereocenters. The summed E-state index contributed by atoms with van der Waals surface area (Å²) in [6, 6.07) is 0. The first-order valence-corrected chi connectivity index (χ1v) is 14.0. The molecule has 0 saturated heterocycles. The molecule has 0 N–H and O–H groups in total. The molecule has 5 aliphatic rings. The van der Waals surface area contributed by atoms with Gasteiger partial charge in [-0.2, -0.15) is 0 Å². The van der Waals surface area contributed by atoms with Crippen molar-refractivity contribution in [2.24, 2.45) is 56.7 Å². The van der Waals surface area contributed by atoms with Gasteiger partial charge < -0.3 is 0 Å². The van der Waals surface area contributed by atoms with Gasteiger partial charge in [0.1, 0.15) is 5.78 Å². The molecule has 2 nitrogen and oxygen atoms in total. The molecule has 5 aliphatic carbocycles. The van der Waals surface area contributed by atoms with Gasteiger partial charge in [-0.15, -0.1) is 0 Å². The first-order valence-electron chi connectivity index (χ1n) is 13.6. The lowest BCUT2D eigenvalue weighted by Gasteiger charge is -2.72. The summed E-state index contributed by atoms with van der Waals surface area (Å²) in [5, 5.41) is -0.0752. The molecule has 0 spiro atoms. The Bertz CT molecular complexity index is 905. The minimum Gasteiger partial charge on any atom is -0.299 e. The maximum atomic E-state index is 13.0. The zero-order valence-electron chi connectivity index (χ0n) is 21.9. The molecule has 184 valence electrons. The average Bonchev–Trinajstić information content (AvgIpc) is 3.13. The highest BCUT2D eigenvalue weighted by Crippen LogP contribution is 2.77. The van der Waals surface area contributed by atoms with Crippen molar-refractivity contribution in [2.45, 2.75) is 106 Å². The van der Waals surface area contributed by atoms with E-state index in [0.29, 0.717) is 35.4 Å². The Hall–Kier alpha value is -0.630. The Balaban J connectivity index is 1.57. The van der Waals surface area contributed by atoms with Crippen LogP contribution < -0.4 is 0 Å². The van der Waals surface area contributed by atoms with Gasteiger partial charge in [0, 0.05) is 17.3 Å². The molecule has 3 heteroatoms.